The Hall–Kier alpha value is -2.26. The van der Waals surface area contributed by atoms with Gasteiger partial charge in [-0.3, -0.25) is 0 Å². The summed E-state index contributed by atoms with van der Waals surface area (Å²) < 4.78 is 43.3. The molecule has 1 aromatic heterocycles. The van der Waals surface area contributed by atoms with Gasteiger partial charge in [-0.25, -0.2) is 4.98 Å². The lowest BCUT2D eigenvalue weighted by Gasteiger charge is -2.12. The van der Waals surface area contributed by atoms with E-state index in [0.29, 0.717) is 10.6 Å². The van der Waals surface area contributed by atoms with Crippen molar-refractivity contribution in [2.24, 2.45) is 0 Å². The van der Waals surface area contributed by atoms with Crippen LogP contribution in [0.3, 0.4) is 0 Å². The van der Waals surface area contributed by atoms with E-state index in [-0.39, 0.29) is 11.3 Å². The summed E-state index contributed by atoms with van der Waals surface area (Å²) in [6.45, 7) is 1.70. The van der Waals surface area contributed by atoms with Gasteiger partial charge in [0.25, 0.3) is 0 Å². The Bertz CT molecular complexity index is 723. The number of rotatable bonds is 2. The monoisotopic (exact) mass is 312 g/mol. The molecule has 0 atom stereocenters. The van der Waals surface area contributed by atoms with E-state index < -0.39 is 17.8 Å². The zero-order chi connectivity index (χ0) is 15.6. The first-order valence-electron chi connectivity index (χ1n) is 5.73. The molecule has 0 bridgehead atoms. The normalized spacial score (nSPS) is 11.0. The van der Waals surface area contributed by atoms with Gasteiger partial charge in [0.2, 0.25) is 5.88 Å². The zero-order valence-electron chi connectivity index (χ0n) is 10.7. The Morgan fingerprint density at radius 3 is 2.57 bits per heavy atom. The van der Waals surface area contributed by atoms with Crippen LogP contribution >= 0.6 is 11.6 Å². The molecule has 1 aromatic carbocycles. The highest BCUT2D eigenvalue weighted by Gasteiger charge is 2.33. The topological polar surface area (TPSA) is 45.9 Å². The molecule has 0 spiro atoms. The number of pyridine rings is 1. The number of nitrogens with zero attached hydrogens (tertiary/aromatic N) is 2. The maximum absolute atomic E-state index is 12.7. The molecule has 0 radical (unpaired) electrons. The highest BCUT2D eigenvalue weighted by atomic mass is 35.5. The van der Waals surface area contributed by atoms with Crippen molar-refractivity contribution in [3.05, 3.63) is 52.2 Å². The Balaban J connectivity index is 2.47. The molecule has 108 valence electrons. The van der Waals surface area contributed by atoms with Crippen LogP contribution in [-0.4, -0.2) is 4.98 Å². The van der Waals surface area contributed by atoms with Crippen molar-refractivity contribution >= 4 is 11.6 Å². The molecule has 3 nitrogen and oxygen atoms in total. The molecule has 0 saturated heterocycles. The third kappa shape index (κ3) is 3.44. The number of benzene rings is 1. The fourth-order valence-electron chi connectivity index (χ4n) is 1.55. The smallest absolute Gasteiger partial charge is 0.433 e. The molecule has 1 heterocycles. The van der Waals surface area contributed by atoms with Gasteiger partial charge in [-0.2, -0.15) is 18.4 Å². The van der Waals surface area contributed by atoms with E-state index in [1.54, 1.807) is 25.1 Å². The molecule has 0 fully saturated rings. The van der Waals surface area contributed by atoms with Gasteiger partial charge < -0.3 is 4.74 Å². The fraction of sp³-hybridized carbons (Fsp3) is 0.143. The second kappa shape index (κ2) is 5.62. The first-order valence-corrected chi connectivity index (χ1v) is 6.11. The van der Waals surface area contributed by atoms with Crippen molar-refractivity contribution in [3.63, 3.8) is 0 Å². The lowest BCUT2D eigenvalue weighted by Crippen LogP contribution is -2.09. The van der Waals surface area contributed by atoms with Crippen molar-refractivity contribution in [1.29, 1.82) is 5.26 Å². The molecule has 2 rings (SSSR count). The molecule has 0 saturated carbocycles. The Labute approximate surface area is 123 Å². The van der Waals surface area contributed by atoms with Gasteiger partial charge >= 0.3 is 6.18 Å². The highest BCUT2D eigenvalue weighted by molar-refractivity contribution is 6.30. The molecule has 0 unspecified atom stereocenters. The van der Waals surface area contributed by atoms with Crippen molar-refractivity contribution in [2.45, 2.75) is 13.1 Å². The van der Waals surface area contributed by atoms with Crippen LogP contribution in [0.4, 0.5) is 13.2 Å². The van der Waals surface area contributed by atoms with E-state index in [2.05, 4.69) is 4.98 Å². The first kappa shape index (κ1) is 15.1. The predicted molar refractivity (Wildman–Crippen MR) is 70.2 cm³/mol. The highest BCUT2D eigenvalue weighted by Crippen LogP contribution is 2.33. The summed E-state index contributed by atoms with van der Waals surface area (Å²) in [6, 6.07) is 8.21. The second-order valence-corrected chi connectivity index (χ2v) is 4.61. The van der Waals surface area contributed by atoms with E-state index in [1.807, 2.05) is 0 Å². The summed E-state index contributed by atoms with van der Waals surface area (Å²) >= 11 is 5.82. The minimum Gasteiger partial charge on any atom is -0.437 e. The Kier molecular flexibility index (Phi) is 4.05. The van der Waals surface area contributed by atoms with Gasteiger partial charge in [0.05, 0.1) is 0 Å². The average Bonchev–Trinajstić information content (AvgIpc) is 2.42. The van der Waals surface area contributed by atoms with Crippen LogP contribution in [0.2, 0.25) is 5.02 Å². The molecule has 21 heavy (non-hydrogen) atoms. The summed E-state index contributed by atoms with van der Waals surface area (Å²) in [4.78, 5) is 3.37. The number of hydrogen-bond donors (Lipinski definition) is 0. The van der Waals surface area contributed by atoms with Crippen LogP contribution in [0.5, 0.6) is 11.6 Å². The summed E-state index contributed by atoms with van der Waals surface area (Å²) in [5.41, 5.74) is -0.568. The summed E-state index contributed by atoms with van der Waals surface area (Å²) in [7, 11) is 0. The summed E-state index contributed by atoms with van der Waals surface area (Å²) in [5.74, 6) is -0.163. The van der Waals surface area contributed by atoms with Crippen LogP contribution in [-0.2, 0) is 6.18 Å². The van der Waals surface area contributed by atoms with Gasteiger partial charge in [-0.1, -0.05) is 17.7 Å². The second-order valence-electron chi connectivity index (χ2n) is 4.17. The van der Waals surface area contributed by atoms with E-state index in [9.17, 15) is 13.2 Å². The quantitative estimate of drug-likeness (QED) is 0.805. The first-order chi connectivity index (χ1) is 9.81. The molecule has 2 aromatic rings. The standard InChI is InChI=1S/C14H8ClF3N2O/c1-8-2-4-10(15)6-11(8)21-13-9(7-19)3-5-12(20-13)14(16,17)18/h2-6H,1H3. The zero-order valence-corrected chi connectivity index (χ0v) is 11.5. The van der Waals surface area contributed by atoms with Crippen LogP contribution in [0.25, 0.3) is 0 Å². The van der Waals surface area contributed by atoms with Crippen LogP contribution < -0.4 is 4.74 Å². The number of alkyl halides is 3. The molecule has 0 aliphatic heterocycles. The van der Waals surface area contributed by atoms with Crippen molar-refractivity contribution in [2.75, 3.05) is 0 Å². The molecule has 0 N–H and O–H groups in total. The molecule has 7 heteroatoms. The number of hydrogen-bond acceptors (Lipinski definition) is 3. The maximum atomic E-state index is 12.7. The van der Waals surface area contributed by atoms with E-state index in [1.165, 1.54) is 6.07 Å². The minimum atomic E-state index is -4.62. The average molecular weight is 313 g/mol. The lowest BCUT2D eigenvalue weighted by atomic mass is 10.2. The molecular formula is C14H8ClF3N2O. The SMILES string of the molecule is Cc1ccc(Cl)cc1Oc1nc(C(F)(F)F)ccc1C#N. The number of halogens is 4. The van der Waals surface area contributed by atoms with Crippen LogP contribution in [0, 0.1) is 18.3 Å². The number of aromatic nitrogens is 1. The van der Waals surface area contributed by atoms with E-state index in [0.717, 1.165) is 12.1 Å². The van der Waals surface area contributed by atoms with Crippen LogP contribution in [0.1, 0.15) is 16.8 Å². The fourth-order valence-corrected chi connectivity index (χ4v) is 1.71. The minimum absolute atomic E-state index is 0.0950. The van der Waals surface area contributed by atoms with E-state index >= 15 is 0 Å². The van der Waals surface area contributed by atoms with Crippen molar-refractivity contribution < 1.29 is 17.9 Å². The molecular weight excluding hydrogens is 305 g/mol. The van der Waals surface area contributed by atoms with Gasteiger partial charge in [-0.05, 0) is 36.8 Å². The molecule has 0 aliphatic rings. The Morgan fingerprint density at radius 1 is 1.24 bits per heavy atom. The van der Waals surface area contributed by atoms with Gasteiger partial charge in [0, 0.05) is 5.02 Å². The number of nitriles is 1. The third-order valence-corrected chi connectivity index (χ3v) is 2.86. The number of ether oxygens (including phenoxy) is 1. The lowest BCUT2D eigenvalue weighted by molar-refractivity contribution is -0.141. The Morgan fingerprint density at radius 2 is 1.95 bits per heavy atom. The largest absolute Gasteiger partial charge is 0.437 e. The van der Waals surface area contributed by atoms with E-state index in [4.69, 9.17) is 21.6 Å². The maximum Gasteiger partial charge on any atom is 0.433 e. The predicted octanol–water partition coefficient (Wildman–Crippen LogP) is 4.73. The molecule has 0 aliphatic carbocycles. The molecule has 0 amide bonds. The van der Waals surface area contributed by atoms with Gasteiger partial charge in [-0.15, -0.1) is 0 Å². The third-order valence-electron chi connectivity index (χ3n) is 2.63. The van der Waals surface area contributed by atoms with Crippen molar-refractivity contribution in [1.82, 2.24) is 4.98 Å². The van der Waals surface area contributed by atoms with Crippen molar-refractivity contribution in [3.8, 4) is 17.7 Å². The van der Waals surface area contributed by atoms with Gasteiger partial charge in [0.1, 0.15) is 23.1 Å². The summed E-state index contributed by atoms with van der Waals surface area (Å²) in [6.07, 6.45) is -4.62. The number of aryl methyl sites for hydroxylation is 1. The summed E-state index contributed by atoms with van der Waals surface area (Å²) in [5, 5.41) is 9.30. The van der Waals surface area contributed by atoms with Crippen LogP contribution in [0.15, 0.2) is 30.3 Å². The van der Waals surface area contributed by atoms with Gasteiger partial charge in [0.15, 0.2) is 0 Å².